The maximum Gasteiger partial charge on any atom is 0.329 e. The van der Waals surface area contributed by atoms with Crippen molar-refractivity contribution in [3.05, 3.63) is 117 Å². The largest absolute Gasteiger partial charge is 0.483 e. The van der Waals surface area contributed by atoms with Gasteiger partial charge in [-0.2, -0.15) is 0 Å². The van der Waals surface area contributed by atoms with Crippen LogP contribution >= 0.6 is 0 Å². The van der Waals surface area contributed by atoms with Gasteiger partial charge in [-0.25, -0.2) is 9.18 Å². The van der Waals surface area contributed by atoms with Crippen molar-refractivity contribution in [2.75, 3.05) is 45.8 Å². The van der Waals surface area contributed by atoms with Crippen LogP contribution in [0.4, 0.5) is 4.39 Å². The molecular weight excluding hydrogens is 866 g/mol. The fraction of sp³-hybridized carbons (Fsp3) is 0.434. The van der Waals surface area contributed by atoms with Gasteiger partial charge in [0.15, 0.2) is 0 Å². The van der Waals surface area contributed by atoms with Crippen molar-refractivity contribution < 1.29 is 33.5 Å². The van der Waals surface area contributed by atoms with E-state index < -0.39 is 11.9 Å². The van der Waals surface area contributed by atoms with E-state index in [1.807, 2.05) is 17.0 Å². The maximum atomic E-state index is 13.6. The summed E-state index contributed by atoms with van der Waals surface area (Å²) in [6, 6.07) is 24.7. The quantitative estimate of drug-likeness (QED) is 0.0932. The Morgan fingerprint density at radius 1 is 0.853 bits per heavy atom. The summed E-state index contributed by atoms with van der Waals surface area (Å²) in [7, 11) is 1.72. The van der Waals surface area contributed by atoms with Gasteiger partial charge in [0.1, 0.15) is 11.9 Å². The minimum absolute atomic E-state index is 0.0344. The predicted molar refractivity (Wildman–Crippen MR) is 257 cm³/mol. The number of halogens is 1. The number of imidazole rings is 1. The number of rotatable bonds is 9. The number of nitrogens with zero attached hydrogens (tertiary/aromatic N) is 5. The first-order chi connectivity index (χ1) is 32.9. The third-order valence-electron chi connectivity index (χ3n) is 14.5. The molecule has 9 rings (SSSR count). The highest BCUT2D eigenvalue weighted by Gasteiger charge is 2.33. The number of aryl methyl sites for hydroxylation is 1. The first kappa shape index (κ1) is 47.8. The van der Waals surface area contributed by atoms with Gasteiger partial charge >= 0.3 is 5.69 Å². The molecule has 4 amide bonds. The van der Waals surface area contributed by atoms with Crippen molar-refractivity contribution in [2.45, 2.75) is 82.8 Å². The van der Waals surface area contributed by atoms with Gasteiger partial charge in [-0.1, -0.05) is 60.4 Å². The second-order valence-corrected chi connectivity index (χ2v) is 18.6. The Labute approximate surface area is 395 Å². The number of nitrogens with one attached hydrogen (secondary N) is 2. The third kappa shape index (κ3) is 10.7. The summed E-state index contributed by atoms with van der Waals surface area (Å²) in [5, 5.41) is 14.6. The highest BCUT2D eigenvalue weighted by Crippen LogP contribution is 2.34. The summed E-state index contributed by atoms with van der Waals surface area (Å²) in [6.45, 7) is 7.42. The summed E-state index contributed by atoms with van der Waals surface area (Å²) in [6.07, 6.45) is 5.59. The van der Waals surface area contributed by atoms with E-state index in [-0.39, 0.29) is 60.0 Å². The van der Waals surface area contributed by atoms with Gasteiger partial charge in [-0.3, -0.25) is 48.2 Å². The average molecular weight is 926 g/mol. The lowest BCUT2D eigenvalue weighted by Gasteiger charge is -2.36. The molecule has 1 aromatic heterocycles. The van der Waals surface area contributed by atoms with Gasteiger partial charge in [0, 0.05) is 56.5 Å². The molecule has 356 valence electrons. The van der Waals surface area contributed by atoms with Gasteiger partial charge < -0.3 is 15.3 Å². The van der Waals surface area contributed by atoms with Gasteiger partial charge in [0.25, 0.3) is 6.47 Å². The molecule has 5 aromatic rings. The van der Waals surface area contributed by atoms with Crippen LogP contribution in [0.25, 0.3) is 21.8 Å². The number of fused-ring (bicyclic) bond motifs is 2. The van der Waals surface area contributed by atoms with E-state index >= 15 is 0 Å². The van der Waals surface area contributed by atoms with Crippen LogP contribution in [-0.4, -0.2) is 105 Å². The van der Waals surface area contributed by atoms with Crippen LogP contribution < -0.4 is 16.3 Å². The summed E-state index contributed by atoms with van der Waals surface area (Å²) in [4.78, 5) is 79.2. The molecule has 0 bridgehead atoms. The number of imide groups is 1. The first-order valence-corrected chi connectivity index (χ1v) is 23.8. The highest BCUT2D eigenvalue weighted by molar-refractivity contribution is 6.00. The zero-order valence-corrected chi connectivity index (χ0v) is 38.8. The van der Waals surface area contributed by atoms with Gasteiger partial charge in [0.05, 0.1) is 17.6 Å². The number of benzene rings is 4. The molecule has 4 aliphatic rings. The van der Waals surface area contributed by atoms with Crippen LogP contribution in [0.15, 0.2) is 83.7 Å². The minimum Gasteiger partial charge on any atom is -0.483 e. The Bertz CT molecular complexity index is 2800. The molecule has 0 radical (unpaired) electrons. The summed E-state index contributed by atoms with van der Waals surface area (Å²) in [5.41, 5.74) is 5.38. The van der Waals surface area contributed by atoms with Crippen molar-refractivity contribution >= 4 is 51.9 Å². The van der Waals surface area contributed by atoms with E-state index in [2.05, 4.69) is 87.7 Å². The first-order valence-electron chi connectivity index (χ1n) is 23.8. The van der Waals surface area contributed by atoms with Crippen LogP contribution in [0.3, 0.4) is 0 Å². The minimum atomic E-state index is -0.706. The molecule has 4 aliphatic heterocycles. The van der Waals surface area contributed by atoms with E-state index in [1.54, 1.807) is 17.7 Å². The van der Waals surface area contributed by atoms with Crippen LogP contribution in [0.5, 0.6) is 0 Å². The Hall–Kier alpha value is -6.63. The van der Waals surface area contributed by atoms with Gasteiger partial charge in [0.2, 0.25) is 23.6 Å². The molecule has 4 fully saturated rings. The average Bonchev–Trinajstić information content (AvgIpc) is 3.60. The van der Waals surface area contributed by atoms with E-state index in [0.717, 1.165) is 92.3 Å². The zero-order chi connectivity index (χ0) is 47.9. The number of piperidine rings is 4. The number of carbonyl (C=O) groups excluding carboxylic acids is 4. The lowest BCUT2D eigenvalue weighted by Crippen LogP contribution is -2.45. The number of likely N-dealkylation sites (tertiary alicyclic amines) is 3. The Balaban J connectivity index is 0.00000203. The van der Waals surface area contributed by atoms with Gasteiger partial charge in [-0.05, 0) is 142 Å². The molecule has 0 saturated carbocycles. The molecule has 15 heteroatoms. The van der Waals surface area contributed by atoms with Crippen molar-refractivity contribution in [3.8, 4) is 11.8 Å². The van der Waals surface area contributed by atoms with Crippen LogP contribution in [0.1, 0.15) is 98.5 Å². The third-order valence-corrected chi connectivity index (χ3v) is 14.5. The Morgan fingerprint density at radius 2 is 1.57 bits per heavy atom. The van der Waals surface area contributed by atoms with E-state index in [9.17, 15) is 28.4 Å². The number of amides is 4. The topological polar surface area (TPSA) is 166 Å². The molecule has 2 atom stereocenters. The molecular formula is C53H60FN7O7. The lowest BCUT2D eigenvalue weighted by atomic mass is 9.89. The Morgan fingerprint density at radius 3 is 2.28 bits per heavy atom. The zero-order valence-electron chi connectivity index (χ0n) is 38.8. The predicted octanol–water partition coefficient (Wildman–Crippen LogP) is 5.87. The van der Waals surface area contributed by atoms with Crippen molar-refractivity contribution in [1.29, 1.82) is 0 Å². The molecule has 4 saturated heterocycles. The molecule has 14 nitrogen and oxygen atoms in total. The monoisotopic (exact) mass is 925 g/mol. The lowest BCUT2D eigenvalue weighted by molar-refractivity contribution is -0.136. The molecule has 0 aliphatic carbocycles. The van der Waals surface area contributed by atoms with Crippen molar-refractivity contribution in [2.24, 2.45) is 18.9 Å². The molecule has 3 N–H and O–H groups in total. The van der Waals surface area contributed by atoms with E-state index in [4.69, 9.17) is 9.90 Å². The SMILES string of the molecule is C[C@H](c1ccc(C#CC2CCN(C(=O)CN3CCC(c4ccc5c(c4)n(C)c(=O)n5[C@@H]4CCC(=O)NC4=O)CC3)CC2)c2ccccc12)N1CCC(C(=O)NCc2cccc(F)c2)CC1.O=CO. The fourth-order valence-corrected chi connectivity index (χ4v) is 10.6. The van der Waals surface area contributed by atoms with E-state index in [0.29, 0.717) is 44.0 Å². The molecule has 5 heterocycles. The fourth-order valence-electron chi connectivity index (χ4n) is 10.6. The van der Waals surface area contributed by atoms with Crippen LogP contribution in [-0.2, 0) is 37.6 Å². The number of hydrogen-bond donors (Lipinski definition) is 3. The normalized spacial score (nSPS) is 19.4. The standard InChI is InChI=1S/C52H58FN7O5.CH2O2/c1-34(58-28-22-39(23-29-58)50(63)54-32-36-6-5-7-41(53)30-36)42-14-12-38(43-8-3-4-9-44(42)43)11-10-35-18-26-59(27-19-35)49(62)33-57-24-20-37(21-25-57)40-13-15-45-47(31-40)56(2)52(65)60(45)46-16-17-48(61)55-51(46)64;2-1-3/h3-9,12-15,30-31,34-35,37,39,46H,16-29,32-33H2,1-2H3,(H,54,63)(H,55,61,64);1H,(H,2,3)/t34-,46-;/m1./s1. The second kappa shape index (κ2) is 21.5. The number of carbonyl (C=O) groups is 5. The summed E-state index contributed by atoms with van der Waals surface area (Å²) >= 11 is 0. The number of hydrogen-bond acceptors (Lipinski definition) is 8. The summed E-state index contributed by atoms with van der Waals surface area (Å²) in [5.74, 6) is 6.72. The van der Waals surface area contributed by atoms with Crippen molar-refractivity contribution in [3.63, 3.8) is 0 Å². The Kier molecular flexibility index (Phi) is 15.2. The number of aromatic nitrogens is 2. The second-order valence-electron chi connectivity index (χ2n) is 18.6. The smallest absolute Gasteiger partial charge is 0.329 e. The maximum absolute atomic E-state index is 13.6. The molecule has 0 unspecified atom stereocenters. The van der Waals surface area contributed by atoms with E-state index in [1.165, 1.54) is 27.6 Å². The number of carboxylic acid groups (broad SMARTS) is 1. The van der Waals surface area contributed by atoms with Crippen LogP contribution in [0, 0.1) is 29.5 Å². The summed E-state index contributed by atoms with van der Waals surface area (Å²) < 4.78 is 16.7. The molecule has 68 heavy (non-hydrogen) atoms. The van der Waals surface area contributed by atoms with Crippen LogP contribution in [0.2, 0.25) is 0 Å². The van der Waals surface area contributed by atoms with Gasteiger partial charge in [-0.15, -0.1) is 0 Å². The molecule has 4 aromatic carbocycles. The molecule has 0 spiro atoms. The highest BCUT2D eigenvalue weighted by atomic mass is 19.1. The van der Waals surface area contributed by atoms with Crippen molar-refractivity contribution in [1.82, 2.24) is 34.5 Å².